The molecule has 7 heteroatoms. The van der Waals surface area contributed by atoms with Gasteiger partial charge in [0.25, 0.3) is 0 Å². The smallest absolute Gasteiger partial charge is 0.337 e. The van der Waals surface area contributed by atoms with Gasteiger partial charge in [0.1, 0.15) is 0 Å². The van der Waals surface area contributed by atoms with Crippen LogP contribution in [0.2, 0.25) is 0 Å². The molecule has 1 aromatic carbocycles. The number of carboxylic acids is 1. The fourth-order valence-electron chi connectivity index (χ4n) is 1.52. The molecular weight excluding hydrogens is 353 g/mol. The molecule has 0 unspecified atom stereocenters. The van der Waals surface area contributed by atoms with Crippen LogP contribution in [0.25, 0.3) is 15.7 Å². The van der Waals surface area contributed by atoms with Crippen molar-refractivity contribution in [2.75, 3.05) is 0 Å². The molecule has 1 radical (unpaired) electrons. The van der Waals surface area contributed by atoms with Crippen LogP contribution in [0.5, 0.6) is 0 Å². The van der Waals surface area contributed by atoms with Crippen molar-refractivity contribution >= 4 is 27.5 Å². The first kappa shape index (κ1) is 17.7. The monoisotopic (exact) mass is 368 g/mol. The minimum absolute atomic E-state index is 0. The average molecular weight is 368 g/mol. The first-order valence-corrected chi connectivity index (χ1v) is 6.65. The van der Waals surface area contributed by atoms with Crippen molar-refractivity contribution < 1.29 is 47.4 Å². The third-order valence-corrected chi connectivity index (χ3v) is 3.24. The Morgan fingerprint density at radius 3 is 2.75 bits per heavy atom. The standard InChI is InChI=1S/C13H15N2O3S.Y/c1-13(2,3)18-14-7-10-15-11-8(12(16)17)5-4-6-9(11)19-10;/h4-6H,7H2,1-3H3,(H,16,17);/q-1;. The molecule has 1 aromatic heterocycles. The molecule has 0 amide bonds. The molecule has 0 saturated carbocycles. The van der Waals surface area contributed by atoms with Gasteiger partial charge < -0.3 is 15.4 Å². The maximum Gasteiger partial charge on any atom is 0.337 e. The quantitative estimate of drug-likeness (QED) is 0.837. The predicted molar refractivity (Wildman–Crippen MR) is 74.5 cm³/mol. The predicted octanol–water partition coefficient (Wildman–Crippen LogP) is 3.60. The van der Waals surface area contributed by atoms with E-state index in [4.69, 9.17) is 9.94 Å². The third kappa shape index (κ3) is 4.57. The number of carbonyl (C=O) groups is 1. The molecule has 1 heterocycles. The summed E-state index contributed by atoms with van der Waals surface area (Å²) in [5, 5.41) is 9.83. The fourth-order valence-corrected chi connectivity index (χ4v) is 2.42. The summed E-state index contributed by atoms with van der Waals surface area (Å²) >= 11 is 1.43. The number of benzene rings is 1. The van der Waals surface area contributed by atoms with E-state index >= 15 is 0 Å². The van der Waals surface area contributed by atoms with Gasteiger partial charge in [-0.1, -0.05) is 12.6 Å². The zero-order valence-electron chi connectivity index (χ0n) is 11.6. The van der Waals surface area contributed by atoms with Crippen LogP contribution in [0, 0.1) is 0 Å². The van der Waals surface area contributed by atoms with Gasteiger partial charge in [-0.05, 0) is 32.9 Å². The Labute approximate surface area is 146 Å². The molecule has 0 atom stereocenters. The van der Waals surface area contributed by atoms with Crippen molar-refractivity contribution in [2.45, 2.75) is 32.9 Å². The van der Waals surface area contributed by atoms with Crippen LogP contribution in [0.1, 0.15) is 36.1 Å². The minimum Gasteiger partial charge on any atom is -0.528 e. The summed E-state index contributed by atoms with van der Waals surface area (Å²) in [6.07, 6.45) is 0. The maximum atomic E-state index is 11.1. The van der Waals surface area contributed by atoms with Crippen molar-refractivity contribution in [1.82, 2.24) is 4.98 Å². The van der Waals surface area contributed by atoms with E-state index in [1.54, 1.807) is 12.1 Å². The second-order valence-electron chi connectivity index (χ2n) is 5.06. The molecule has 20 heavy (non-hydrogen) atoms. The van der Waals surface area contributed by atoms with Gasteiger partial charge in [0.2, 0.25) is 0 Å². The van der Waals surface area contributed by atoms with E-state index in [-0.39, 0.29) is 43.9 Å². The Balaban J connectivity index is 0.00000200. The van der Waals surface area contributed by atoms with Gasteiger partial charge in [0, 0.05) is 38.3 Å². The summed E-state index contributed by atoms with van der Waals surface area (Å²) < 4.78 is 0.848. The molecule has 105 valence electrons. The first-order valence-electron chi connectivity index (χ1n) is 5.83. The van der Waals surface area contributed by atoms with Crippen molar-refractivity contribution in [3.05, 3.63) is 34.3 Å². The summed E-state index contributed by atoms with van der Waals surface area (Å²) in [6.45, 7) is 6.07. The normalized spacial score (nSPS) is 11.3. The number of fused-ring (bicyclic) bond motifs is 1. The van der Waals surface area contributed by atoms with Gasteiger partial charge in [-0.15, -0.1) is 11.3 Å². The second kappa shape index (κ2) is 7.05. The topological polar surface area (TPSA) is 73.5 Å². The number of thiazole rings is 1. The maximum absolute atomic E-state index is 11.1. The molecule has 0 saturated heterocycles. The van der Waals surface area contributed by atoms with E-state index in [0.29, 0.717) is 12.1 Å². The molecule has 0 bridgehead atoms. The Morgan fingerprint density at radius 2 is 2.15 bits per heavy atom. The molecule has 5 nitrogen and oxygen atoms in total. The van der Waals surface area contributed by atoms with Crippen molar-refractivity contribution in [3.8, 4) is 0 Å². The van der Waals surface area contributed by atoms with Gasteiger partial charge >= 0.3 is 5.97 Å². The number of rotatable bonds is 4. The molecule has 0 aliphatic rings. The Bertz CT molecular complexity index is 607. The van der Waals surface area contributed by atoms with Gasteiger partial charge in [-0.25, -0.2) is 9.78 Å². The summed E-state index contributed by atoms with van der Waals surface area (Å²) in [7, 11) is 0. The Hall–Kier alpha value is -0.396. The number of para-hydroxylation sites is 1. The number of aromatic carboxylic acids is 1. The number of aromatic nitrogens is 1. The molecular formula is C13H15N2O3SY-. The van der Waals surface area contributed by atoms with Crippen LogP contribution in [0.15, 0.2) is 18.2 Å². The molecule has 0 aliphatic heterocycles. The van der Waals surface area contributed by atoms with Crippen LogP contribution in [0.3, 0.4) is 0 Å². The molecule has 0 spiro atoms. The third-order valence-electron chi connectivity index (χ3n) is 2.23. The summed E-state index contributed by atoms with van der Waals surface area (Å²) in [4.78, 5) is 20.7. The second-order valence-corrected chi connectivity index (χ2v) is 6.17. The van der Waals surface area contributed by atoms with Crippen molar-refractivity contribution in [3.63, 3.8) is 0 Å². The molecule has 0 aliphatic carbocycles. The van der Waals surface area contributed by atoms with E-state index in [2.05, 4.69) is 10.5 Å². The molecule has 1 N–H and O–H groups in total. The molecule has 2 rings (SSSR count). The largest absolute Gasteiger partial charge is 0.528 e. The summed E-state index contributed by atoms with van der Waals surface area (Å²) in [5.41, 5.74) is 4.39. The van der Waals surface area contributed by atoms with E-state index in [0.717, 1.165) is 9.71 Å². The summed E-state index contributed by atoms with van der Waals surface area (Å²) in [5.74, 6) is -0.967. The van der Waals surface area contributed by atoms with Gasteiger partial charge in [0.05, 0.1) is 20.8 Å². The zero-order valence-corrected chi connectivity index (χ0v) is 15.2. The van der Waals surface area contributed by atoms with Gasteiger partial charge in [-0.3, -0.25) is 0 Å². The molecule has 2 aromatic rings. The van der Waals surface area contributed by atoms with E-state index < -0.39 is 5.97 Å². The van der Waals surface area contributed by atoms with Crippen LogP contribution >= 0.6 is 11.3 Å². The van der Waals surface area contributed by atoms with Crippen molar-refractivity contribution in [1.29, 1.82) is 0 Å². The van der Waals surface area contributed by atoms with E-state index in [1.807, 2.05) is 26.8 Å². The van der Waals surface area contributed by atoms with Crippen LogP contribution in [-0.4, -0.2) is 21.7 Å². The van der Waals surface area contributed by atoms with Crippen LogP contribution in [0.4, 0.5) is 0 Å². The SMILES string of the molecule is CC(C)(C)O[N-]Cc1nc2c(C(=O)O)cccc2s1.[Y]. The average Bonchev–Trinajstić information content (AvgIpc) is 2.68. The van der Waals surface area contributed by atoms with Crippen molar-refractivity contribution in [2.24, 2.45) is 0 Å². The number of hydrogen-bond acceptors (Lipinski definition) is 4. The van der Waals surface area contributed by atoms with E-state index in [1.165, 1.54) is 11.3 Å². The number of hydrogen-bond donors (Lipinski definition) is 1. The van der Waals surface area contributed by atoms with E-state index in [9.17, 15) is 4.79 Å². The Kier molecular flexibility index (Phi) is 6.22. The summed E-state index contributed by atoms with van der Waals surface area (Å²) in [6, 6.07) is 5.13. The van der Waals surface area contributed by atoms with Gasteiger partial charge in [-0.2, -0.15) is 0 Å². The minimum atomic E-state index is -0.967. The van der Waals surface area contributed by atoms with Gasteiger partial charge in [0.15, 0.2) is 0 Å². The number of carboxylic acid groups (broad SMARTS) is 1. The Morgan fingerprint density at radius 1 is 1.45 bits per heavy atom. The zero-order chi connectivity index (χ0) is 14.0. The fraction of sp³-hybridized carbons (Fsp3) is 0.385. The molecule has 0 fully saturated rings. The van der Waals surface area contributed by atoms with Crippen LogP contribution < -0.4 is 0 Å². The van der Waals surface area contributed by atoms with Crippen LogP contribution in [-0.2, 0) is 44.1 Å². The number of nitrogens with zero attached hydrogens (tertiary/aromatic N) is 2. The first-order chi connectivity index (χ1) is 8.87. The number of hydroxylamine groups is 1.